The fraction of sp³-hybridized carbons (Fsp3) is 0.200. The van der Waals surface area contributed by atoms with Crippen LogP contribution in [0.15, 0.2) is 30.5 Å². The highest BCUT2D eigenvalue weighted by molar-refractivity contribution is 6.29. The molecule has 3 aromatic rings. The van der Waals surface area contributed by atoms with Gasteiger partial charge >= 0.3 is 0 Å². The summed E-state index contributed by atoms with van der Waals surface area (Å²) in [5.74, 6) is 0. The molecule has 0 aliphatic carbocycles. The van der Waals surface area contributed by atoms with E-state index in [2.05, 4.69) is 42.0 Å². The molecule has 18 heavy (non-hydrogen) atoms. The molecule has 1 heterocycles. The van der Waals surface area contributed by atoms with Crippen molar-refractivity contribution in [2.24, 2.45) is 0 Å². The van der Waals surface area contributed by atoms with E-state index >= 15 is 0 Å². The molecule has 0 radical (unpaired) electrons. The maximum absolute atomic E-state index is 5.96. The summed E-state index contributed by atoms with van der Waals surface area (Å²) in [5.41, 5.74) is 4.36. The number of aromatic nitrogens is 2. The largest absolute Gasteiger partial charge is 0.251 e. The molecule has 0 saturated heterocycles. The van der Waals surface area contributed by atoms with Crippen molar-refractivity contribution in [3.05, 3.63) is 46.7 Å². The monoisotopic (exact) mass is 256 g/mol. The Morgan fingerprint density at radius 2 is 1.83 bits per heavy atom. The lowest BCUT2D eigenvalue weighted by Crippen LogP contribution is -1.96. The molecule has 0 spiro atoms. The summed E-state index contributed by atoms with van der Waals surface area (Å²) >= 11 is 5.96. The molecular weight excluding hydrogens is 244 g/mol. The number of rotatable bonds is 1. The number of nitrogens with zero attached hydrogens (tertiary/aromatic N) is 2. The zero-order chi connectivity index (χ0) is 12.7. The molecule has 0 fully saturated rings. The molecule has 3 heteroatoms. The first-order valence-electron chi connectivity index (χ1n) is 6.04. The number of fused-ring (bicyclic) bond motifs is 3. The summed E-state index contributed by atoms with van der Waals surface area (Å²) in [7, 11) is 0. The number of hydrogen-bond donors (Lipinski definition) is 0. The van der Waals surface area contributed by atoms with Gasteiger partial charge in [-0.15, -0.1) is 0 Å². The Labute approximate surface area is 111 Å². The molecule has 0 atom stereocenters. The topological polar surface area (TPSA) is 25.8 Å². The molecule has 0 aliphatic heterocycles. The fourth-order valence-electron chi connectivity index (χ4n) is 2.58. The minimum Gasteiger partial charge on any atom is -0.251 e. The molecule has 3 rings (SSSR count). The zero-order valence-electron chi connectivity index (χ0n) is 10.4. The van der Waals surface area contributed by atoms with Crippen molar-refractivity contribution in [1.82, 2.24) is 9.97 Å². The number of halogens is 1. The van der Waals surface area contributed by atoms with Gasteiger partial charge in [-0.05, 0) is 29.9 Å². The van der Waals surface area contributed by atoms with E-state index in [0.717, 1.165) is 22.8 Å². The second-order valence-corrected chi connectivity index (χ2v) is 4.78. The van der Waals surface area contributed by atoms with Gasteiger partial charge in [0.1, 0.15) is 5.15 Å². The number of hydrogen-bond acceptors (Lipinski definition) is 2. The Morgan fingerprint density at radius 1 is 1.11 bits per heavy atom. The highest BCUT2D eigenvalue weighted by atomic mass is 35.5. The molecule has 90 valence electrons. The Hall–Kier alpha value is -1.67. The van der Waals surface area contributed by atoms with Gasteiger partial charge in [0.05, 0.1) is 17.2 Å². The van der Waals surface area contributed by atoms with E-state index < -0.39 is 0 Å². The molecule has 0 unspecified atom stereocenters. The predicted molar refractivity (Wildman–Crippen MR) is 76.2 cm³/mol. The average molecular weight is 257 g/mol. The second kappa shape index (κ2) is 4.21. The molecule has 0 saturated carbocycles. The predicted octanol–water partition coefficient (Wildman–Crippen LogP) is 4.31. The van der Waals surface area contributed by atoms with Crippen LogP contribution in [0.5, 0.6) is 0 Å². The maximum atomic E-state index is 5.96. The maximum Gasteiger partial charge on any atom is 0.148 e. The van der Waals surface area contributed by atoms with Crippen LogP contribution in [-0.2, 0) is 6.42 Å². The highest BCUT2D eigenvalue weighted by Gasteiger charge is 2.12. The van der Waals surface area contributed by atoms with E-state index in [9.17, 15) is 0 Å². The van der Waals surface area contributed by atoms with Gasteiger partial charge < -0.3 is 0 Å². The first-order valence-corrected chi connectivity index (χ1v) is 6.42. The lowest BCUT2D eigenvalue weighted by molar-refractivity contribution is 1.13. The van der Waals surface area contributed by atoms with Crippen molar-refractivity contribution in [3.63, 3.8) is 0 Å². The van der Waals surface area contributed by atoms with E-state index in [0.29, 0.717) is 5.15 Å². The van der Waals surface area contributed by atoms with Crippen molar-refractivity contribution in [1.29, 1.82) is 0 Å². The first-order chi connectivity index (χ1) is 8.72. The van der Waals surface area contributed by atoms with E-state index in [-0.39, 0.29) is 0 Å². The van der Waals surface area contributed by atoms with Gasteiger partial charge in [0, 0.05) is 5.39 Å². The van der Waals surface area contributed by atoms with Crippen molar-refractivity contribution < 1.29 is 0 Å². The Balaban J connectivity index is 2.61. The van der Waals surface area contributed by atoms with Crippen LogP contribution in [0.1, 0.15) is 18.1 Å². The second-order valence-electron chi connectivity index (χ2n) is 4.39. The summed E-state index contributed by atoms with van der Waals surface area (Å²) < 4.78 is 0. The third-order valence-electron chi connectivity index (χ3n) is 3.41. The van der Waals surface area contributed by atoms with Crippen LogP contribution in [0.3, 0.4) is 0 Å². The lowest BCUT2D eigenvalue weighted by atomic mass is 9.96. The summed E-state index contributed by atoms with van der Waals surface area (Å²) in [4.78, 5) is 8.89. The van der Waals surface area contributed by atoms with Crippen LogP contribution < -0.4 is 0 Å². The Morgan fingerprint density at radius 3 is 2.56 bits per heavy atom. The lowest BCUT2D eigenvalue weighted by Gasteiger charge is -2.12. The summed E-state index contributed by atoms with van der Waals surface area (Å²) in [6.45, 7) is 4.26. The van der Waals surface area contributed by atoms with Crippen LogP contribution >= 0.6 is 11.6 Å². The molecule has 2 nitrogen and oxygen atoms in total. The molecule has 0 bridgehead atoms. The van der Waals surface area contributed by atoms with Crippen molar-refractivity contribution in [2.45, 2.75) is 20.3 Å². The summed E-state index contributed by atoms with van der Waals surface area (Å²) in [5, 5.41) is 2.86. The highest BCUT2D eigenvalue weighted by Crippen LogP contribution is 2.31. The van der Waals surface area contributed by atoms with E-state index in [1.807, 2.05) is 6.07 Å². The number of aryl methyl sites for hydroxylation is 2. The van der Waals surface area contributed by atoms with E-state index in [1.54, 1.807) is 6.20 Å². The smallest absolute Gasteiger partial charge is 0.148 e. The minimum atomic E-state index is 0.447. The molecule has 0 aliphatic rings. The van der Waals surface area contributed by atoms with E-state index in [4.69, 9.17) is 11.6 Å². The zero-order valence-corrected chi connectivity index (χ0v) is 11.1. The molecule has 0 N–H and O–H groups in total. The van der Waals surface area contributed by atoms with Crippen LogP contribution in [0.2, 0.25) is 5.15 Å². The van der Waals surface area contributed by atoms with Crippen LogP contribution in [0, 0.1) is 6.92 Å². The van der Waals surface area contributed by atoms with Gasteiger partial charge in [0.15, 0.2) is 0 Å². The first kappa shape index (κ1) is 11.4. The van der Waals surface area contributed by atoms with Gasteiger partial charge in [0.2, 0.25) is 0 Å². The van der Waals surface area contributed by atoms with Gasteiger partial charge in [-0.1, -0.05) is 42.8 Å². The normalized spacial score (nSPS) is 11.3. The Bertz CT molecular complexity index is 750. The Kier molecular flexibility index (Phi) is 2.67. The third-order valence-corrected chi connectivity index (χ3v) is 3.59. The van der Waals surface area contributed by atoms with Crippen molar-refractivity contribution >= 4 is 33.4 Å². The quantitative estimate of drug-likeness (QED) is 0.607. The van der Waals surface area contributed by atoms with Crippen molar-refractivity contribution in [2.75, 3.05) is 0 Å². The van der Waals surface area contributed by atoms with Gasteiger partial charge in [-0.3, -0.25) is 4.98 Å². The molecule has 1 aromatic heterocycles. The molecule has 0 amide bonds. The fourth-order valence-corrected chi connectivity index (χ4v) is 2.71. The van der Waals surface area contributed by atoms with Gasteiger partial charge in [-0.25, -0.2) is 4.98 Å². The number of benzene rings is 2. The summed E-state index contributed by atoms with van der Waals surface area (Å²) in [6, 6.07) is 8.35. The van der Waals surface area contributed by atoms with Gasteiger partial charge in [-0.2, -0.15) is 0 Å². The van der Waals surface area contributed by atoms with Crippen LogP contribution in [0.25, 0.3) is 21.8 Å². The standard InChI is InChI=1S/C15H13ClN2/c1-3-10-9(2)14-15(17-8-13(16)18-14)12-7-5-4-6-11(10)12/h4-8H,3H2,1-2H3. The summed E-state index contributed by atoms with van der Waals surface area (Å²) in [6.07, 6.45) is 2.60. The molecular formula is C15H13ClN2. The SMILES string of the molecule is CCc1c(C)c2nc(Cl)cnc2c2ccccc12. The van der Waals surface area contributed by atoms with Gasteiger partial charge in [0.25, 0.3) is 0 Å². The average Bonchev–Trinajstić information content (AvgIpc) is 2.39. The van der Waals surface area contributed by atoms with Crippen LogP contribution in [0.4, 0.5) is 0 Å². The van der Waals surface area contributed by atoms with Crippen LogP contribution in [-0.4, -0.2) is 9.97 Å². The minimum absolute atomic E-state index is 0.447. The van der Waals surface area contributed by atoms with Crippen molar-refractivity contribution in [3.8, 4) is 0 Å². The van der Waals surface area contributed by atoms with E-state index in [1.165, 1.54) is 16.5 Å². The molecule has 2 aromatic carbocycles. The third kappa shape index (κ3) is 1.57.